The molecule has 4 rings (SSSR count). The molecule has 6 nitrogen and oxygen atoms in total. The van der Waals surface area contributed by atoms with Crippen molar-refractivity contribution in [2.24, 2.45) is 0 Å². The van der Waals surface area contributed by atoms with Crippen LogP contribution < -0.4 is 14.2 Å². The normalized spacial score (nSPS) is 12.0. The van der Waals surface area contributed by atoms with Crippen molar-refractivity contribution >= 4 is 37.4 Å². The Balaban J connectivity index is 1.72. The highest BCUT2D eigenvalue weighted by molar-refractivity contribution is 8.03. The molecule has 0 amide bonds. The zero-order valence-corrected chi connectivity index (χ0v) is 18.0. The van der Waals surface area contributed by atoms with Gasteiger partial charge in [-0.1, -0.05) is 12.1 Å². The number of pyridine rings is 1. The van der Waals surface area contributed by atoms with Gasteiger partial charge in [-0.25, -0.2) is 4.98 Å². The number of rotatable bonds is 6. The first-order valence-electron chi connectivity index (χ1n) is 8.90. The van der Waals surface area contributed by atoms with Crippen molar-refractivity contribution in [3.05, 3.63) is 60.9 Å². The van der Waals surface area contributed by atoms with Crippen LogP contribution in [-0.4, -0.2) is 34.7 Å². The zero-order chi connectivity index (χ0) is 20.4. The van der Waals surface area contributed by atoms with Gasteiger partial charge >= 0.3 is 0 Å². The van der Waals surface area contributed by atoms with Crippen LogP contribution in [0.3, 0.4) is 0 Å². The Labute approximate surface area is 174 Å². The maximum Gasteiger partial charge on any atom is 0.161 e. The predicted molar refractivity (Wildman–Crippen MR) is 120 cm³/mol. The molecule has 29 heavy (non-hydrogen) atoms. The van der Waals surface area contributed by atoms with E-state index in [1.807, 2.05) is 30.3 Å². The first kappa shape index (κ1) is 19.4. The van der Waals surface area contributed by atoms with Crippen LogP contribution in [0.4, 0.5) is 5.69 Å². The van der Waals surface area contributed by atoms with Crippen molar-refractivity contribution in [1.29, 1.82) is 0 Å². The number of nitrogens with zero attached hydrogens (tertiary/aromatic N) is 2. The number of para-hydroxylation sites is 1. The lowest BCUT2D eigenvalue weighted by Crippen LogP contribution is -2.21. The Kier molecular flexibility index (Phi) is 5.21. The molecule has 4 aromatic rings. The molecule has 0 atom stereocenters. The van der Waals surface area contributed by atoms with Crippen molar-refractivity contribution in [1.82, 2.24) is 9.97 Å². The Bertz CT molecular complexity index is 1190. The molecule has 150 valence electrons. The molecule has 0 saturated heterocycles. The minimum atomic E-state index is -2.94. The number of thiazole rings is 1. The maximum atomic E-state index is 13.6. The SMILES string of the molecule is COc1ccc([SH](C)(=O)Nc2ccccc2-c2nc3ccncc3s2)cc1OC. The Morgan fingerprint density at radius 2 is 1.83 bits per heavy atom. The second kappa shape index (κ2) is 7.81. The molecule has 1 N–H and O–H groups in total. The third-order valence-electron chi connectivity index (χ3n) is 4.54. The highest BCUT2D eigenvalue weighted by Gasteiger charge is 2.18. The summed E-state index contributed by atoms with van der Waals surface area (Å²) in [7, 11) is 0.197. The molecule has 0 unspecified atom stereocenters. The third-order valence-corrected chi connectivity index (χ3v) is 7.51. The van der Waals surface area contributed by atoms with Crippen LogP contribution in [0.25, 0.3) is 20.8 Å². The lowest BCUT2D eigenvalue weighted by molar-refractivity contribution is 0.354. The number of fused-ring (bicyclic) bond motifs is 1. The quantitative estimate of drug-likeness (QED) is 0.446. The van der Waals surface area contributed by atoms with Gasteiger partial charge in [-0.15, -0.1) is 11.3 Å². The van der Waals surface area contributed by atoms with E-state index in [-0.39, 0.29) is 0 Å². The average Bonchev–Trinajstić information content (AvgIpc) is 3.17. The van der Waals surface area contributed by atoms with Crippen LogP contribution in [0.1, 0.15) is 0 Å². The fourth-order valence-electron chi connectivity index (χ4n) is 3.05. The number of ether oxygens (including phenoxy) is 2. The van der Waals surface area contributed by atoms with E-state index in [1.54, 1.807) is 62.4 Å². The Morgan fingerprint density at radius 3 is 2.59 bits per heavy atom. The molecule has 2 aromatic carbocycles. The van der Waals surface area contributed by atoms with E-state index in [2.05, 4.69) is 9.71 Å². The van der Waals surface area contributed by atoms with Crippen LogP contribution in [0, 0.1) is 0 Å². The van der Waals surface area contributed by atoms with Crippen molar-refractivity contribution < 1.29 is 13.7 Å². The van der Waals surface area contributed by atoms with Crippen LogP contribution in [0.5, 0.6) is 11.5 Å². The average molecular weight is 428 g/mol. The number of methoxy groups -OCH3 is 2. The van der Waals surface area contributed by atoms with E-state index < -0.39 is 10.1 Å². The van der Waals surface area contributed by atoms with Gasteiger partial charge in [-0.2, -0.15) is 0 Å². The van der Waals surface area contributed by atoms with Crippen molar-refractivity contribution in [3.8, 4) is 22.1 Å². The van der Waals surface area contributed by atoms with Gasteiger partial charge in [-0.05, 0) is 46.5 Å². The smallest absolute Gasteiger partial charge is 0.161 e. The van der Waals surface area contributed by atoms with Crippen LogP contribution >= 0.6 is 11.3 Å². The highest BCUT2D eigenvalue weighted by atomic mass is 32.3. The highest BCUT2D eigenvalue weighted by Crippen LogP contribution is 2.37. The van der Waals surface area contributed by atoms with Crippen LogP contribution in [0.15, 0.2) is 65.8 Å². The fourth-order valence-corrected chi connectivity index (χ4v) is 5.53. The standard InChI is InChI=1S/C21H21N3O3S2/c1-26-18-9-8-14(12-19(18)27-2)29(3,25)24-16-7-5-4-6-15(16)21-23-17-10-11-22-13-20(17)28-21/h4-13,29H,1-3H3,(H,24,25). The van der Waals surface area contributed by atoms with Gasteiger partial charge in [0.2, 0.25) is 0 Å². The van der Waals surface area contributed by atoms with E-state index in [4.69, 9.17) is 14.5 Å². The summed E-state index contributed by atoms with van der Waals surface area (Å²) in [6.45, 7) is 0. The molecule has 0 aliphatic heterocycles. The van der Waals surface area contributed by atoms with Crippen LogP contribution in [0.2, 0.25) is 0 Å². The number of hydrogen-bond acceptors (Lipinski definition) is 6. The number of thiol groups is 1. The lowest BCUT2D eigenvalue weighted by Gasteiger charge is -2.24. The van der Waals surface area contributed by atoms with Gasteiger partial charge in [0.15, 0.2) is 11.5 Å². The topological polar surface area (TPSA) is 73.3 Å². The largest absolute Gasteiger partial charge is 0.493 e. The first-order valence-corrected chi connectivity index (χ1v) is 11.9. The maximum absolute atomic E-state index is 13.6. The molecular weight excluding hydrogens is 406 g/mol. The fraction of sp³-hybridized carbons (Fsp3) is 0.143. The number of hydrogen-bond donors (Lipinski definition) is 2. The summed E-state index contributed by atoms with van der Waals surface area (Å²) in [5.41, 5.74) is 2.56. The predicted octanol–water partition coefficient (Wildman–Crippen LogP) is 4.41. The number of aromatic nitrogens is 2. The molecule has 8 heteroatoms. The van der Waals surface area contributed by atoms with Gasteiger partial charge in [0.1, 0.15) is 5.01 Å². The van der Waals surface area contributed by atoms with E-state index >= 15 is 0 Å². The van der Waals surface area contributed by atoms with Gasteiger partial charge < -0.3 is 14.2 Å². The number of benzene rings is 2. The van der Waals surface area contributed by atoms with Crippen molar-refractivity contribution in [2.45, 2.75) is 4.90 Å². The number of nitrogens with one attached hydrogen (secondary N) is 1. The molecule has 0 radical (unpaired) electrons. The Morgan fingerprint density at radius 1 is 1.03 bits per heavy atom. The summed E-state index contributed by atoms with van der Waals surface area (Å²) < 4.78 is 28.5. The van der Waals surface area contributed by atoms with Gasteiger partial charge in [-0.3, -0.25) is 9.19 Å². The van der Waals surface area contributed by atoms with Gasteiger partial charge in [0.05, 0.1) is 30.1 Å². The summed E-state index contributed by atoms with van der Waals surface area (Å²) >= 11 is 1.56. The van der Waals surface area contributed by atoms with E-state index in [0.29, 0.717) is 16.4 Å². The molecule has 0 spiro atoms. The second-order valence-corrected chi connectivity index (χ2v) is 10.1. The molecule has 0 aliphatic carbocycles. The summed E-state index contributed by atoms with van der Waals surface area (Å²) in [6.07, 6.45) is 5.24. The summed E-state index contributed by atoms with van der Waals surface area (Å²) in [5.74, 6) is 1.14. The molecule has 2 heterocycles. The molecule has 0 bridgehead atoms. The number of anilines is 1. The summed E-state index contributed by atoms with van der Waals surface area (Å²) in [5, 5.41) is 0.850. The van der Waals surface area contributed by atoms with Gasteiger partial charge in [0, 0.05) is 29.1 Å². The molecule has 2 aromatic heterocycles. The van der Waals surface area contributed by atoms with E-state index in [0.717, 1.165) is 26.5 Å². The summed E-state index contributed by atoms with van der Waals surface area (Å²) in [6, 6.07) is 14.9. The van der Waals surface area contributed by atoms with Crippen LogP contribution in [-0.2, 0) is 10.1 Å². The minimum Gasteiger partial charge on any atom is -0.493 e. The molecule has 0 aliphatic rings. The van der Waals surface area contributed by atoms with Crippen molar-refractivity contribution in [2.75, 3.05) is 25.2 Å². The molecule has 0 saturated carbocycles. The molecular formula is C21H21N3O3S2. The molecule has 0 fully saturated rings. The van der Waals surface area contributed by atoms with E-state index in [1.165, 1.54) is 0 Å². The van der Waals surface area contributed by atoms with Gasteiger partial charge in [0.25, 0.3) is 0 Å². The second-order valence-electron chi connectivity index (χ2n) is 6.48. The monoisotopic (exact) mass is 427 g/mol. The first-order chi connectivity index (χ1) is 14.0. The zero-order valence-electron chi connectivity index (χ0n) is 16.2. The van der Waals surface area contributed by atoms with E-state index in [9.17, 15) is 4.21 Å². The lowest BCUT2D eigenvalue weighted by atomic mass is 10.2. The summed E-state index contributed by atoms with van der Waals surface area (Å²) in [4.78, 5) is 9.52. The Hall–Kier alpha value is -2.97. The minimum absolute atomic E-state index is 0.542. The third kappa shape index (κ3) is 3.81. The van der Waals surface area contributed by atoms with Crippen molar-refractivity contribution in [3.63, 3.8) is 0 Å².